The van der Waals surface area contributed by atoms with E-state index in [2.05, 4.69) is 5.32 Å². The number of halogens is 1. The molecule has 0 fully saturated rings. The van der Waals surface area contributed by atoms with Gasteiger partial charge in [-0.2, -0.15) is 0 Å². The Morgan fingerprint density at radius 1 is 1.04 bits per heavy atom. The first-order valence-corrected chi connectivity index (χ1v) is 7.40. The average molecular weight is 317 g/mol. The Kier molecular flexibility index (Phi) is 5.97. The van der Waals surface area contributed by atoms with E-state index in [0.29, 0.717) is 12.4 Å². The second kappa shape index (κ2) is 8.17. The number of aryl methyl sites for hydroxylation is 1. The van der Waals surface area contributed by atoms with E-state index >= 15 is 0 Å². The Morgan fingerprint density at radius 2 is 1.61 bits per heavy atom. The SMILES string of the molecule is Cc1ccc(OCC(C)NC(=O)COc2ccc(F)cc2)cc1. The Morgan fingerprint density at radius 3 is 2.26 bits per heavy atom. The van der Waals surface area contributed by atoms with Crippen molar-refractivity contribution in [3.05, 3.63) is 59.9 Å². The van der Waals surface area contributed by atoms with Crippen LogP contribution >= 0.6 is 0 Å². The van der Waals surface area contributed by atoms with Gasteiger partial charge in [-0.3, -0.25) is 4.79 Å². The van der Waals surface area contributed by atoms with Gasteiger partial charge in [0, 0.05) is 0 Å². The molecule has 0 aliphatic rings. The second-order valence-electron chi connectivity index (χ2n) is 5.34. The zero-order valence-electron chi connectivity index (χ0n) is 13.2. The van der Waals surface area contributed by atoms with Crippen LogP contribution in [0.25, 0.3) is 0 Å². The van der Waals surface area contributed by atoms with E-state index in [-0.39, 0.29) is 24.4 Å². The zero-order valence-corrected chi connectivity index (χ0v) is 13.2. The molecule has 0 heterocycles. The van der Waals surface area contributed by atoms with Crippen molar-refractivity contribution in [3.8, 4) is 11.5 Å². The van der Waals surface area contributed by atoms with Crippen LogP contribution in [-0.4, -0.2) is 25.2 Å². The summed E-state index contributed by atoms with van der Waals surface area (Å²) < 4.78 is 23.6. The van der Waals surface area contributed by atoms with Gasteiger partial charge < -0.3 is 14.8 Å². The van der Waals surface area contributed by atoms with Crippen LogP contribution in [0.2, 0.25) is 0 Å². The van der Waals surface area contributed by atoms with Crippen LogP contribution in [0.1, 0.15) is 12.5 Å². The third kappa shape index (κ3) is 5.98. The minimum atomic E-state index is -0.344. The van der Waals surface area contributed by atoms with E-state index in [0.717, 1.165) is 11.3 Å². The lowest BCUT2D eigenvalue weighted by Gasteiger charge is -2.15. The number of amides is 1. The number of carbonyl (C=O) groups is 1. The molecule has 0 aromatic heterocycles. The summed E-state index contributed by atoms with van der Waals surface area (Å²) in [7, 11) is 0. The molecule has 2 aromatic rings. The molecule has 1 atom stereocenters. The summed E-state index contributed by atoms with van der Waals surface area (Å²) in [5, 5.41) is 2.78. The van der Waals surface area contributed by atoms with Crippen molar-refractivity contribution in [2.75, 3.05) is 13.2 Å². The Labute approximate surface area is 135 Å². The number of hydrogen-bond donors (Lipinski definition) is 1. The molecule has 122 valence electrons. The van der Waals surface area contributed by atoms with E-state index < -0.39 is 0 Å². The highest BCUT2D eigenvalue weighted by atomic mass is 19.1. The largest absolute Gasteiger partial charge is 0.491 e. The van der Waals surface area contributed by atoms with Gasteiger partial charge in [0.15, 0.2) is 6.61 Å². The van der Waals surface area contributed by atoms with Crippen molar-refractivity contribution in [2.24, 2.45) is 0 Å². The Hall–Kier alpha value is -2.56. The van der Waals surface area contributed by atoms with Gasteiger partial charge in [-0.25, -0.2) is 4.39 Å². The first-order valence-electron chi connectivity index (χ1n) is 7.40. The highest BCUT2D eigenvalue weighted by Gasteiger charge is 2.09. The number of benzene rings is 2. The summed E-state index contributed by atoms with van der Waals surface area (Å²) in [6.45, 7) is 4.10. The summed E-state index contributed by atoms with van der Waals surface area (Å²) in [4.78, 5) is 11.8. The summed E-state index contributed by atoms with van der Waals surface area (Å²) in [6, 6.07) is 13.1. The second-order valence-corrected chi connectivity index (χ2v) is 5.34. The fraction of sp³-hybridized carbons (Fsp3) is 0.278. The number of ether oxygens (including phenoxy) is 2. The molecule has 1 N–H and O–H groups in total. The van der Waals surface area contributed by atoms with Crippen LogP contribution in [0.3, 0.4) is 0 Å². The summed E-state index contributed by atoms with van der Waals surface area (Å²) >= 11 is 0. The highest BCUT2D eigenvalue weighted by Crippen LogP contribution is 2.12. The number of hydrogen-bond acceptors (Lipinski definition) is 3. The van der Waals surface area contributed by atoms with Crippen molar-refractivity contribution >= 4 is 5.91 Å². The molecule has 1 amide bonds. The average Bonchev–Trinajstić information content (AvgIpc) is 2.54. The smallest absolute Gasteiger partial charge is 0.258 e. The van der Waals surface area contributed by atoms with Crippen molar-refractivity contribution < 1.29 is 18.7 Å². The Bertz CT molecular complexity index is 626. The molecule has 1 unspecified atom stereocenters. The topological polar surface area (TPSA) is 47.6 Å². The van der Waals surface area contributed by atoms with Gasteiger partial charge in [0.1, 0.15) is 23.9 Å². The van der Waals surface area contributed by atoms with Gasteiger partial charge in [0.25, 0.3) is 5.91 Å². The van der Waals surface area contributed by atoms with Crippen molar-refractivity contribution in [3.63, 3.8) is 0 Å². The van der Waals surface area contributed by atoms with Gasteiger partial charge in [-0.1, -0.05) is 17.7 Å². The van der Waals surface area contributed by atoms with Crippen molar-refractivity contribution in [1.29, 1.82) is 0 Å². The summed E-state index contributed by atoms with van der Waals surface area (Å²) in [5.41, 5.74) is 1.16. The van der Waals surface area contributed by atoms with Gasteiger partial charge in [0.2, 0.25) is 0 Å². The first kappa shape index (κ1) is 16.8. The number of rotatable bonds is 7. The predicted molar refractivity (Wildman–Crippen MR) is 86.2 cm³/mol. The third-order valence-electron chi connectivity index (χ3n) is 3.11. The minimum absolute atomic E-state index is 0.124. The molecule has 0 aliphatic carbocycles. The molecule has 0 radical (unpaired) electrons. The minimum Gasteiger partial charge on any atom is -0.491 e. The number of carbonyl (C=O) groups excluding carboxylic acids is 1. The Balaban J connectivity index is 1.69. The standard InChI is InChI=1S/C18H20FNO3/c1-13-3-7-16(8-4-13)22-11-14(2)20-18(21)12-23-17-9-5-15(19)6-10-17/h3-10,14H,11-12H2,1-2H3,(H,20,21). The molecule has 0 aliphatic heterocycles. The normalized spacial score (nSPS) is 11.6. The highest BCUT2D eigenvalue weighted by molar-refractivity contribution is 5.77. The zero-order chi connectivity index (χ0) is 16.7. The molecular weight excluding hydrogens is 297 g/mol. The summed E-state index contributed by atoms with van der Waals surface area (Å²) in [5.74, 6) is 0.613. The fourth-order valence-electron chi connectivity index (χ4n) is 1.89. The van der Waals surface area contributed by atoms with Crippen molar-refractivity contribution in [2.45, 2.75) is 19.9 Å². The van der Waals surface area contributed by atoms with Crippen LogP contribution in [0.4, 0.5) is 4.39 Å². The quantitative estimate of drug-likeness (QED) is 0.853. The molecule has 0 saturated carbocycles. The molecule has 0 bridgehead atoms. The van der Waals surface area contributed by atoms with E-state index in [1.54, 1.807) is 0 Å². The third-order valence-corrected chi connectivity index (χ3v) is 3.11. The molecule has 2 aromatic carbocycles. The maximum Gasteiger partial charge on any atom is 0.258 e. The lowest BCUT2D eigenvalue weighted by molar-refractivity contribution is -0.123. The van der Waals surface area contributed by atoms with Crippen LogP contribution in [-0.2, 0) is 4.79 Å². The molecule has 4 nitrogen and oxygen atoms in total. The van der Waals surface area contributed by atoms with E-state index in [1.165, 1.54) is 24.3 Å². The lowest BCUT2D eigenvalue weighted by atomic mass is 10.2. The van der Waals surface area contributed by atoms with Gasteiger partial charge in [0.05, 0.1) is 6.04 Å². The van der Waals surface area contributed by atoms with Gasteiger partial charge >= 0.3 is 0 Å². The summed E-state index contributed by atoms with van der Waals surface area (Å²) in [6.07, 6.45) is 0. The van der Waals surface area contributed by atoms with Crippen LogP contribution < -0.4 is 14.8 Å². The molecular formula is C18H20FNO3. The molecule has 23 heavy (non-hydrogen) atoms. The van der Waals surface area contributed by atoms with Crippen LogP contribution in [0.5, 0.6) is 11.5 Å². The van der Waals surface area contributed by atoms with Crippen LogP contribution in [0.15, 0.2) is 48.5 Å². The first-order chi connectivity index (χ1) is 11.0. The van der Waals surface area contributed by atoms with Gasteiger partial charge in [-0.05, 0) is 50.2 Å². The number of nitrogens with one attached hydrogen (secondary N) is 1. The lowest BCUT2D eigenvalue weighted by Crippen LogP contribution is -2.39. The predicted octanol–water partition coefficient (Wildman–Crippen LogP) is 3.10. The van der Waals surface area contributed by atoms with E-state index in [9.17, 15) is 9.18 Å². The fourth-order valence-corrected chi connectivity index (χ4v) is 1.89. The maximum absolute atomic E-state index is 12.8. The molecule has 0 saturated heterocycles. The monoisotopic (exact) mass is 317 g/mol. The van der Waals surface area contributed by atoms with E-state index in [4.69, 9.17) is 9.47 Å². The molecule has 2 rings (SSSR count). The maximum atomic E-state index is 12.8. The van der Waals surface area contributed by atoms with E-state index in [1.807, 2.05) is 38.1 Å². The van der Waals surface area contributed by atoms with Crippen molar-refractivity contribution in [1.82, 2.24) is 5.32 Å². The molecule has 0 spiro atoms. The van der Waals surface area contributed by atoms with Crippen LogP contribution in [0, 0.1) is 12.7 Å². The van der Waals surface area contributed by atoms with Gasteiger partial charge in [-0.15, -0.1) is 0 Å². The molecule has 5 heteroatoms.